The minimum Gasteiger partial charge on any atom is -0.383 e. The van der Waals surface area contributed by atoms with Crippen LogP contribution in [0.5, 0.6) is 0 Å². The molecule has 0 bridgehead atoms. The molecule has 1 saturated heterocycles. The minimum atomic E-state index is 0.197. The molecule has 1 amide bonds. The molecule has 1 aliphatic heterocycles. The average Bonchev–Trinajstić information content (AvgIpc) is 2.90. The summed E-state index contributed by atoms with van der Waals surface area (Å²) in [5.74, 6) is 1.37. The van der Waals surface area contributed by atoms with Crippen LogP contribution in [0.2, 0.25) is 0 Å². The maximum absolute atomic E-state index is 12.1. The second-order valence-corrected chi connectivity index (χ2v) is 6.09. The van der Waals surface area contributed by atoms with Gasteiger partial charge in [0.05, 0.1) is 12.4 Å². The molecule has 0 aromatic carbocycles. The Morgan fingerprint density at radius 3 is 2.95 bits per heavy atom. The summed E-state index contributed by atoms with van der Waals surface area (Å²) in [5, 5.41) is 8.71. The van der Waals surface area contributed by atoms with Crippen LogP contribution in [-0.2, 0) is 16.1 Å². The molecule has 0 atom stereocenters. The van der Waals surface area contributed by atoms with Crippen LogP contribution in [0.4, 0.5) is 0 Å². The number of carbonyl (C=O) groups is 1. The third-order valence-corrected chi connectivity index (χ3v) is 4.54. The van der Waals surface area contributed by atoms with E-state index < -0.39 is 0 Å². The highest BCUT2D eigenvalue weighted by Gasteiger charge is 2.20. The Hall–Kier alpha value is -1.08. The van der Waals surface area contributed by atoms with E-state index in [-0.39, 0.29) is 5.91 Å². The van der Waals surface area contributed by atoms with Crippen molar-refractivity contribution in [1.29, 1.82) is 0 Å². The SMILES string of the molecule is COCCn1cnnc1SCC(=O)N1CCC(C)CC1. The van der Waals surface area contributed by atoms with Crippen molar-refractivity contribution in [2.75, 3.05) is 32.6 Å². The van der Waals surface area contributed by atoms with Crippen molar-refractivity contribution >= 4 is 17.7 Å². The van der Waals surface area contributed by atoms with Gasteiger partial charge in [0.2, 0.25) is 5.91 Å². The molecule has 6 nitrogen and oxygen atoms in total. The smallest absolute Gasteiger partial charge is 0.233 e. The molecule has 2 heterocycles. The van der Waals surface area contributed by atoms with Crippen molar-refractivity contribution in [1.82, 2.24) is 19.7 Å². The number of nitrogens with zero attached hydrogens (tertiary/aromatic N) is 4. The Bertz CT molecular complexity index is 430. The molecule has 20 heavy (non-hydrogen) atoms. The van der Waals surface area contributed by atoms with Gasteiger partial charge >= 0.3 is 0 Å². The number of rotatable bonds is 6. The van der Waals surface area contributed by atoms with Gasteiger partial charge in [-0.1, -0.05) is 18.7 Å². The quantitative estimate of drug-likeness (QED) is 0.740. The fraction of sp³-hybridized carbons (Fsp3) is 0.769. The number of piperidine rings is 1. The Kier molecular flexibility index (Phi) is 5.85. The maximum atomic E-state index is 12.1. The molecule has 2 rings (SSSR count). The lowest BCUT2D eigenvalue weighted by molar-refractivity contribution is -0.129. The van der Waals surface area contributed by atoms with E-state index in [4.69, 9.17) is 4.74 Å². The summed E-state index contributed by atoms with van der Waals surface area (Å²) < 4.78 is 6.96. The van der Waals surface area contributed by atoms with Crippen molar-refractivity contribution in [2.45, 2.75) is 31.5 Å². The van der Waals surface area contributed by atoms with Gasteiger partial charge in [0.15, 0.2) is 5.16 Å². The zero-order valence-electron chi connectivity index (χ0n) is 12.1. The second-order valence-electron chi connectivity index (χ2n) is 5.15. The van der Waals surface area contributed by atoms with Gasteiger partial charge in [-0.05, 0) is 18.8 Å². The van der Waals surface area contributed by atoms with Crippen LogP contribution < -0.4 is 0 Å². The zero-order chi connectivity index (χ0) is 14.4. The molecular formula is C13H22N4O2S. The third-order valence-electron chi connectivity index (χ3n) is 3.58. The molecule has 0 saturated carbocycles. The first kappa shape index (κ1) is 15.3. The number of methoxy groups -OCH3 is 1. The molecule has 0 aliphatic carbocycles. The number of amides is 1. The number of thioether (sulfide) groups is 1. The van der Waals surface area contributed by atoms with Crippen LogP contribution in [0.3, 0.4) is 0 Å². The molecule has 1 aromatic rings. The molecular weight excluding hydrogens is 276 g/mol. The van der Waals surface area contributed by atoms with Gasteiger partial charge in [-0.25, -0.2) is 0 Å². The van der Waals surface area contributed by atoms with Gasteiger partial charge in [0.25, 0.3) is 0 Å². The van der Waals surface area contributed by atoms with Gasteiger partial charge in [-0.3, -0.25) is 4.79 Å². The van der Waals surface area contributed by atoms with E-state index in [2.05, 4.69) is 17.1 Å². The third kappa shape index (κ3) is 4.21. The highest BCUT2D eigenvalue weighted by Crippen LogP contribution is 2.19. The van der Waals surface area contributed by atoms with Crippen LogP contribution in [0.15, 0.2) is 11.5 Å². The zero-order valence-corrected chi connectivity index (χ0v) is 12.9. The van der Waals surface area contributed by atoms with Crippen molar-refractivity contribution < 1.29 is 9.53 Å². The Morgan fingerprint density at radius 2 is 2.25 bits per heavy atom. The van der Waals surface area contributed by atoms with E-state index in [1.807, 2.05) is 9.47 Å². The fourth-order valence-electron chi connectivity index (χ4n) is 2.17. The molecule has 0 unspecified atom stereocenters. The van der Waals surface area contributed by atoms with Crippen molar-refractivity contribution in [3.63, 3.8) is 0 Å². The average molecular weight is 298 g/mol. The van der Waals surface area contributed by atoms with Crippen molar-refractivity contribution in [2.24, 2.45) is 5.92 Å². The molecule has 1 aliphatic rings. The minimum absolute atomic E-state index is 0.197. The molecule has 1 fully saturated rings. The lowest BCUT2D eigenvalue weighted by atomic mass is 9.99. The monoisotopic (exact) mass is 298 g/mol. The summed E-state index contributed by atoms with van der Waals surface area (Å²) in [7, 11) is 1.66. The Balaban J connectivity index is 1.79. The highest BCUT2D eigenvalue weighted by molar-refractivity contribution is 7.99. The van der Waals surface area contributed by atoms with Crippen LogP contribution in [0.25, 0.3) is 0 Å². The summed E-state index contributed by atoms with van der Waals surface area (Å²) in [6, 6.07) is 0. The van der Waals surface area contributed by atoms with Crippen molar-refractivity contribution in [3.8, 4) is 0 Å². The van der Waals surface area contributed by atoms with Gasteiger partial charge in [-0.2, -0.15) is 0 Å². The number of ether oxygens (including phenoxy) is 1. The first-order chi connectivity index (χ1) is 9.70. The molecule has 1 aromatic heterocycles. The van der Waals surface area contributed by atoms with Crippen LogP contribution in [0.1, 0.15) is 19.8 Å². The lowest BCUT2D eigenvalue weighted by Gasteiger charge is -2.30. The van der Waals surface area contributed by atoms with Crippen LogP contribution in [0, 0.1) is 5.92 Å². The van der Waals surface area contributed by atoms with Gasteiger partial charge in [0, 0.05) is 26.7 Å². The summed E-state index contributed by atoms with van der Waals surface area (Å²) in [6.07, 6.45) is 3.90. The Labute approximate surface area is 123 Å². The van der Waals surface area contributed by atoms with E-state index in [1.165, 1.54) is 11.8 Å². The Morgan fingerprint density at radius 1 is 1.50 bits per heavy atom. The lowest BCUT2D eigenvalue weighted by Crippen LogP contribution is -2.38. The molecule has 112 valence electrons. The second kappa shape index (κ2) is 7.64. The van der Waals surface area contributed by atoms with Crippen molar-refractivity contribution in [3.05, 3.63) is 6.33 Å². The number of carbonyl (C=O) groups excluding carboxylic acids is 1. The summed E-state index contributed by atoms with van der Waals surface area (Å²) in [6.45, 7) is 5.34. The summed E-state index contributed by atoms with van der Waals surface area (Å²) >= 11 is 1.45. The number of hydrogen-bond donors (Lipinski definition) is 0. The molecule has 7 heteroatoms. The molecule has 0 N–H and O–H groups in total. The van der Waals surface area contributed by atoms with Gasteiger partial charge in [0.1, 0.15) is 6.33 Å². The largest absolute Gasteiger partial charge is 0.383 e. The fourth-order valence-corrected chi connectivity index (χ4v) is 3.02. The summed E-state index contributed by atoms with van der Waals surface area (Å²) in [5.41, 5.74) is 0. The van der Waals surface area contributed by atoms with Gasteiger partial charge in [-0.15, -0.1) is 10.2 Å². The number of aromatic nitrogens is 3. The van der Waals surface area contributed by atoms with Crippen LogP contribution >= 0.6 is 11.8 Å². The first-order valence-corrected chi connectivity index (χ1v) is 7.96. The predicted molar refractivity (Wildman–Crippen MR) is 77.6 cm³/mol. The molecule has 0 radical (unpaired) electrons. The van der Waals surface area contributed by atoms with Gasteiger partial charge < -0.3 is 14.2 Å². The predicted octanol–water partition coefficient (Wildman–Crippen LogP) is 1.28. The van der Waals surface area contributed by atoms with Crippen LogP contribution in [-0.4, -0.2) is 58.1 Å². The molecule has 0 spiro atoms. The number of likely N-dealkylation sites (tertiary alicyclic amines) is 1. The van der Waals surface area contributed by atoms with E-state index in [0.717, 1.165) is 37.0 Å². The topological polar surface area (TPSA) is 60.2 Å². The maximum Gasteiger partial charge on any atom is 0.233 e. The van der Waals surface area contributed by atoms with E-state index >= 15 is 0 Å². The van der Waals surface area contributed by atoms with E-state index in [0.29, 0.717) is 18.9 Å². The standard InChI is InChI=1S/C13H22N4O2S/c1-11-3-5-16(6-4-11)12(18)9-20-13-15-14-10-17(13)7-8-19-2/h10-11H,3-9H2,1-2H3. The normalized spacial score (nSPS) is 16.6. The number of hydrogen-bond acceptors (Lipinski definition) is 5. The van der Waals surface area contributed by atoms with E-state index in [9.17, 15) is 4.79 Å². The van der Waals surface area contributed by atoms with E-state index in [1.54, 1.807) is 13.4 Å². The summed E-state index contributed by atoms with van der Waals surface area (Å²) in [4.78, 5) is 14.1. The first-order valence-electron chi connectivity index (χ1n) is 6.98. The highest BCUT2D eigenvalue weighted by atomic mass is 32.2.